The van der Waals surface area contributed by atoms with Crippen molar-refractivity contribution >= 4 is 17.2 Å². The maximum Gasteiger partial charge on any atom is 0.433 e. The van der Waals surface area contributed by atoms with Crippen LogP contribution in [0.4, 0.5) is 13.2 Å². The first-order chi connectivity index (χ1) is 8.39. The summed E-state index contributed by atoms with van der Waals surface area (Å²) in [6.07, 6.45) is -0.316. The largest absolute Gasteiger partial charge is 0.433 e. The number of alkyl halides is 3. The van der Waals surface area contributed by atoms with Gasteiger partial charge in [0.05, 0.1) is 5.56 Å². The summed E-state index contributed by atoms with van der Waals surface area (Å²) in [4.78, 5) is 7.26. The van der Waals surface area contributed by atoms with Crippen molar-refractivity contribution in [1.29, 1.82) is 0 Å². The second kappa shape index (κ2) is 4.37. The highest BCUT2D eigenvalue weighted by Crippen LogP contribution is 2.29. The van der Waals surface area contributed by atoms with E-state index in [0.717, 1.165) is 6.07 Å². The van der Waals surface area contributed by atoms with E-state index < -0.39 is 11.9 Å². The Kier molecular flexibility index (Phi) is 3.04. The first-order valence-electron chi connectivity index (χ1n) is 4.76. The molecule has 4 nitrogen and oxygen atoms in total. The van der Waals surface area contributed by atoms with Crippen molar-refractivity contribution in [2.75, 3.05) is 0 Å². The average molecular weight is 272 g/mol. The smallest absolute Gasteiger partial charge is 0.389 e. The summed E-state index contributed by atoms with van der Waals surface area (Å²) in [6.45, 7) is 0. The number of halogens is 3. The predicted molar refractivity (Wildman–Crippen MR) is 62.2 cm³/mol. The first kappa shape index (κ1) is 12.5. The molecule has 94 valence electrons. The van der Waals surface area contributed by atoms with E-state index in [-0.39, 0.29) is 16.4 Å². The van der Waals surface area contributed by atoms with Crippen molar-refractivity contribution in [1.82, 2.24) is 14.5 Å². The van der Waals surface area contributed by atoms with Gasteiger partial charge in [-0.1, -0.05) is 12.2 Å². The van der Waals surface area contributed by atoms with Crippen LogP contribution in [-0.2, 0) is 6.18 Å². The summed E-state index contributed by atoms with van der Waals surface area (Å²) in [5.41, 5.74) is 4.71. The Labute approximate surface area is 105 Å². The Balaban J connectivity index is 2.63. The summed E-state index contributed by atoms with van der Waals surface area (Å²) in [6, 6.07) is 2.04. The fraction of sp³-hybridized carbons (Fsp3) is 0.100. The van der Waals surface area contributed by atoms with E-state index in [1.54, 1.807) is 0 Å². The zero-order chi connectivity index (χ0) is 13.3. The molecule has 0 spiro atoms. The minimum atomic E-state index is -4.52. The van der Waals surface area contributed by atoms with Crippen LogP contribution in [0.15, 0.2) is 30.9 Å². The molecule has 0 aromatic carbocycles. The Morgan fingerprint density at radius 3 is 2.56 bits per heavy atom. The van der Waals surface area contributed by atoms with Crippen LogP contribution >= 0.6 is 12.2 Å². The SMILES string of the molecule is NC(=S)c1ccc(C(F)(F)F)nc1-n1ccnc1. The van der Waals surface area contributed by atoms with E-state index in [2.05, 4.69) is 9.97 Å². The molecule has 0 saturated heterocycles. The number of aromatic nitrogens is 3. The maximum absolute atomic E-state index is 12.6. The average Bonchev–Trinajstić information content (AvgIpc) is 2.80. The number of thiocarbonyl (C=S) groups is 1. The molecule has 2 aromatic rings. The van der Waals surface area contributed by atoms with Gasteiger partial charge in [0.1, 0.15) is 22.8 Å². The molecule has 2 aromatic heterocycles. The number of nitrogens with two attached hydrogens (primary N) is 1. The monoisotopic (exact) mass is 272 g/mol. The van der Waals surface area contributed by atoms with Crippen LogP contribution in [-0.4, -0.2) is 19.5 Å². The van der Waals surface area contributed by atoms with Gasteiger partial charge in [-0.05, 0) is 12.1 Å². The Hall–Kier alpha value is -1.96. The van der Waals surface area contributed by atoms with Crippen molar-refractivity contribution in [2.24, 2.45) is 5.73 Å². The summed E-state index contributed by atoms with van der Waals surface area (Å²) >= 11 is 4.78. The third-order valence-corrected chi connectivity index (χ3v) is 2.40. The van der Waals surface area contributed by atoms with Crippen LogP contribution in [0.1, 0.15) is 11.3 Å². The summed E-state index contributed by atoms with van der Waals surface area (Å²) in [5, 5.41) is 0. The predicted octanol–water partition coefficient (Wildman–Crippen LogP) is 1.92. The van der Waals surface area contributed by atoms with E-state index in [1.807, 2.05) is 0 Å². The van der Waals surface area contributed by atoms with Crippen molar-refractivity contribution < 1.29 is 13.2 Å². The molecule has 8 heteroatoms. The quantitative estimate of drug-likeness (QED) is 0.849. The van der Waals surface area contributed by atoms with E-state index in [4.69, 9.17) is 18.0 Å². The number of rotatable bonds is 2. The van der Waals surface area contributed by atoms with Gasteiger partial charge in [0.2, 0.25) is 0 Å². The molecule has 0 aliphatic heterocycles. The lowest BCUT2D eigenvalue weighted by molar-refractivity contribution is -0.141. The molecule has 2 N–H and O–H groups in total. The van der Waals surface area contributed by atoms with Gasteiger partial charge in [0.15, 0.2) is 0 Å². The number of nitrogens with zero attached hydrogens (tertiary/aromatic N) is 3. The van der Waals surface area contributed by atoms with Gasteiger partial charge in [-0.2, -0.15) is 13.2 Å². The van der Waals surface area contributed by atoms with Crippen LogP contribution in [0, 0.1) is 0 Å². The molecule has 0 aliphatic rings. The van der Waals surface area contributed by atoms with Gasteiger partial charge in [0, 0.05) is 12.4 Å². The molecule has 0 radical (unpaired) electrons. The normalized spacial score (nSPS) is 11.5. The van der Waals surface area contributed by atoms with Crippen molar-refractivity contribution in [3.05, 3.63) is 42.1 Å². The van der Waals surface area contributed by atoms with Crippen LogP contribution in [0.5, 0.6) is 0 Å². The fourth-order valence-corrected chi connectivity index (χ4v) is 1.54. The summed E-state index contributed by atoms with van der Waals surface area (Å²) < 4.78 is 39.1. The lowest BCUT2D eigenvalue weighted by Crippen LogP contribution is -2.17. The third-order valence-electron chi connectivity index (χ3n) is 2.18. The fourth-order valence-electron chi connectivity index (χ4n) is 1.38. The number of imidazole rings is 1. The van der Waals surface area contributed by atoms with Crippen molar-refractivity contribution in [2.45, 2.75) is 6.18 Å². The molecule has 0 saturated carbocycles. The maximum atomic E-state index is 12.6. The molecule has 2 heterocycles. The molecular weight excluding hydrogens is 265 g/mol. The zero-order valence-electron chi connectivity index (χ0n) is 8.85. The summed E-state index contributed by atoms with van der Waals surface area (Å²) in [5.74, 6) is 0.00910. The molecule has 18 heavy (non-hydrogen) atoms. The van der Waals surface area contributed by atoms with Crippen LogP contribution in [0.25, 0.3) is 5.82 Å². The molecule has 0 unspecified atom stereocenters. The third kappa shape index (κ3) is 2.33. The van der Waals surface area contributed by atoms with Crippen LogP contribution in [0.2, 0.25) is 0 Å². The zero-order valence-corrected chi connectivity index (χ0v) is 9.66. The minimum absolute atomic E-state index is 0.00910. The Bertz CT molecular complexity index is 577. The van der Waals surface area contributed by atoms with E-state index >= 15 is 0 Å². The van der Waals surface area contributed by atoms with Crippen molar-refractivity contribution in [3.8, 4) is 5.82 Å². The minimum Gasteiger partial charge on any atom is -0.389 e. The topological polar surface area (TPSA) is 56.7 Å². The van der Waals surface area contributed by atoms with Crippen LogP contribution < -0.4 is 5.73 Å². The molecule has 2 rings (SSSR count). The Morgan fingerprint density at radius 1 is 1.33 bits per heavy atom. The first-order valence-corrected chi connectivity index (χ1v) is 5.17. The standard InChI is InChI=1S/C10H7F3N4S/c11-10(12,13)7-2-1-6(8(14)18)9(16-7)17-4-3-15-5-17/h1-5H,(H2,14,18). The van der Waals surface area contributed by atoms with Gasteiger partial charge < -0.3 is 5.73 Å². The second-order valence-corrected chi connectivity index (χ2v) is 3.84. The molecule has 0 bridgehead atoms. The van der Waals surface area contributed by atoms with Crippen LogP contribution in [0.3, 0.4) is 0 Å². The van der Waals surface area contributed by atoms with Gasteiger partial charge in [0.25, 0.3) is 0 Å². The van der Waals surface area contributed by atoms with Crippen molar-refractivity contribution in [3.63, 3.8) is 0 Å². The lowest BCUT2D eigenvalue weighted by Gasteiger charge is -2.11. The van der Waals surface area contributed by atoms with E-state index in [9.17, 15) is 13.2 Å². The van der Waals surface area contributed by atoms with Gasteiger partial charge in [-0.3, -0.25) is 4.57 Å². The molecule has 0 atom stereocenters. The molecule has 0 fully saturated rings. The highest BCUT2D eigenvalue weighted by atomic mass is 32.1. The van der Waals surface area contributed by atoms with E-state index in [0.29, 0.717) is 0 Å². The molecule has 0 amide bonds. The lowest BCUT2D eigenvalue weighted by atomic mass is 10.2. The summed E-state index contributed by atoms with van der Waals surface area (Å²) in [7, 11) is 0. The number of hydrogen-bond donors (Lipinski definition) is 1. The van der Waals surface area contributed by atoms with Gasteiger partial charge in [-0.25, -0.2) is 9.97 Å². The second-order valence-electron chi connectivity index (χ2n) is 3.40. The van der Waals surface area contributed by atoms with Gasteiger partial charge >= 0.3 is 6.18 Å². The Morgan fingerprint density at radius 2 is 2.06 bits per heavy atom. The number of hydrogen-bond acceptors (Lipinski definition) is 3. The number of pyridine rings is 1. The highest BCUT2D eigenvalue weighted by Gasteiger charge is 2.33. The molecular formula is C10H7F3N4S. The van der Waals surface area contributed by atoms with Gasteiger partial charge in [-0.15, -0.1) is 0 Å². The van der Waals surface area contributed by atoms with E-state index in [1.165, 1.54) is 29.4 Å². The molecule has 0 aliphatic carbocycles. The highest BCUT2D eigenvalue weighted by molar-refractivity contribution is 7.80.